The maximum absolute atomic E-state index is 5.99. The number of anilines is 1. The Labute approximate surface area is 138 Å². The monoisotopic (exact) mass is 365 g/mol. The summed E-state index contributed by atoms with van der Waals surface area (Å²) >= 11 is 5.27. The lowest BCUT2D eigenvalue weighted by molar-refractivity contribution is 0.210. The molecule has 0 saturated heterocycles. The Balaban J connectivity index is 1.58. The summed E-state index contributed by atoms with van der Waals surface area (Å²) in [5, 5.41) is 5.64. The first-order valence-corrected chi connectivity index (χ1v) is 9.15. The summed E-state index contributed by atoms with van der Waals surface area (Å²) in [6.07, 6.45) is 5.43. The molecule has 2 nitrogen and oxygen atoms in total. The number of nitrogens with one attached hydrogen (secondary N) is 1. The number of ether oxygens (including phenoxy) is 1. The van der Waals surface area contributed by atoms with Crippen molar-refractivity contribution in [1.82, 2.24) is 0 Å². The molecule has 1 aliphatic rings. The molecule has 112 valence electrons. The third-order valence-electron chi connectivity index (χ3n) is 3.86. The van der Waals surface area contributed by atoms with Gasteiger partial charge in [-0.3, -0.25) is 0 Å². The van der Waals surface area contributed by atoms with E-state index in [2.05, 4.69) is 63.9 Å². The molecule has 1 unspecified atom stereocenters. The molecular weight excluding hydrogens is 346 g/mol. The highest BCUT2D eigenvalue weighted by molar-refractivity contribution is 9.10. The van der Waals surface area contributed by atoms with Crippen molar-refractivity contribution < 1.29 is 4.74 Å². The quantitative estimate of drug-likeness (QED) is 0.700. The molecule has 1 aromatic heterocycles. The molecule has 1 aromatic carbocycles. The standard InChI is InChI=1S/C17H20BrNOS/c1-12(17-10-13(18)11-21-17)19-14-6-8-16(9-7-14)20-15-4-2-3-5-15/h6-12,15,19H,2-5H2,1H3. The summed E-state index contributed by atoms with van der Waals surface area (Å²) in [5.74, 6) is 0.985. The van der Waals surface area contributed by atoms with Crippen molar-refractivity contribution in [2.75, 3.05) is 5.32 Å². The molecule has 2 aromatic rings. The Hall–Kier alpha value is -1.000. The van der Waals surface area contributed by atoms with Gasteiger partial charge in [-0.05, 0) is 78.9 Å². The van der Waals surface area contributed by atoms with Gasteiger partial charge in [0.2, 0.25) is 0 Å². The zero-order chi connectivity index (χ0) is 14.7. The summed E-state index contributed by atoms with van der Waals surface area (Å²) in [4.78, 5) is 1.33. The van der Waals surface area contributed by atoms with Gasteiger partial charge in [0.15, 0.2) is 0 Å². The van der Waals surface area contributed by atoms with Crippen LogP contribution in [0.1, 0.15) is 43.5 Å². The van der Waals surface area contributed by atoms with Crippen LogP contribution < -0.4 is 10.1 Å². The average Bonchev–Trinajstić information content (AvgIpc) is 3.12. The van der Waals surface area contributed by atoms with Crippen LogP contribution in [0.4, 0.5) is 5.69 Å². The lowest BCUT2D eigenvalue weighted by Gasteiger charge is -2.16. The van der Waals surface area contributed by atoms with Crippen LogP contribution in [0.2, 0.25) is 0 Å². The molecule has 1 N–H and O–H groups in total. The van der Waals surface area contributed by atoms with E-state index in [1.807, 2.05) is 0 Å². The SMILES string of the molecule is CC(Nc1ccc(OC2CCCC2)cc1)c1cc(Br)cs1. The van der Waals surface area contributed by atoms with Gasteiger partial charge in [0, 0.05) is 20.4 Å². The Kier molecular flexibility index (Phi) is 4.86. The Morgan fingerprint density at radius 3 is 2.57 bits per heavy atom. The average molecular weight is 366 g/mol. The van der Waals surface area contributed by atoms with Gasteiger partial charge < -0.3 is 10.1 Å². The number of thiophene rings is 1. The van der Waals surface area contributed by atoms with Crippen LogP contribution in [0, 0.1) is 0 Å². The summed E-state index contributed by atoms with van der Waals surface area (Å²) < 4.78 is 7.14. The fourth-order valence-corrected chi connectivity index (χ4v) is 4.16. The lowest BCUT2D eigenvalue weighted by atomic mass is 10.2. The first-order valence-electron chi connectivity index (χ1n) is 7.48. The molecule has 1 aliphatic carbocycles. The van der Waals surface area contributed by atoms with Crippen molar-refractivity contribution in [1.29, 1.82) is 0 Å². The van der Waals surface area contributed by atoms with E-state index in [9.17, 15) is 0 Å². The van der Waals surface area contributed by atoms with E-state index in [4.69, 9.17) is 4.74 Å². The zero-order valence-corrected chi connectivity index (χ0v) is 14.5. The van der Waals surface area contributed by atoms with Gasteiger partial charge >= 0.3 is 0 Å². The number of rotatable bonds is 5. The van der Waals surface area contributed by atoms with Crippen molar-refractivity contribution in [2.24, 2.45) is 0 Å². The summed E-state index contributed by atoms with van der Waals surface area (Å²) in [5.41, 5.74) is 1.13. The molecule has 1 heterocycles. The predicted molar refractivity (Wildman–Crippen MR) is 93.4 cm³/mol. The van der Waals surface area contributed by atoms with Crippen LogP contribution in [0.3, 0.4) is 0 Å². The van der Waals surface area contributed by atoms with E-state index in [-0.39, 0.29) is 0 Å². The van der Waals surface area contributed by atoms with Crippen molar-refractivity contribution in [3.8, 4) is 5.75 Å². The van der Waals surface area contributed by atoms with Crippen molar-refractivity contribution in [3.63, 3.8) is 0 Å². The normalized spacial score (nSPS) is 16.9. The third-order valence-corrected chi connectivity index (χ3v) is 5.73. The second-order valence-corrected chi connectivity index (χ2v) is 7.44. The largest absolute Gasteiger partial charge is 0.490 e. The third kappa shape index (κ3) is 4.01. The van der Waals surface area contributed by atoms with E-state index in [1.165, 1.54) is 30.6 Å². The predicted octanol–water partition coefficient (Wildman–Crippen LogP) is 6.01. The van der Waals surface area contributed by atoms with E-state index >= 15 is 0 Å². The van der Waals surface area contributed by atoms with Gasteiger partial charge in [0.05, 0.1) is 12.1 Å². The Bertz CT molecular complexity index is 575. The summed E-state index contributed by atoms with van der Waals surface area (Å²) in [6.45, 7) is 2.18. The molecule has 21 heavy (non-hydrogen) atoms. The van der Waals surface area contributed by atoms with Gasteiger partial charge in [-0.2, -0.15) is 0 Å². The molecule has 3 rings (SSSR count). The van der Waals surface area contributed by atoms with Crippen molar-refractivity contribution >= 4 is 33.0 Å². The highest BCUT2D eigenvalue weighted by Crippen LogP contribution is 2.29. The van der Waals surface area contributed by atoms with Crippen LogP contribution in [0.5, 0.6) is 5.75 Å². The minimum atomic E-state index is 0.308. The molecule has 0 spiro atoms. The minimum absolute atomic E-state index is 0.308. The molecule has 1 fully saturated rings. The number of halogens is 1. The van der Waals surface area contributed by atoms with Crippen LogP contribution in [-0.4, -0.2) is 6.10 Å². The topological polar surface area (TPSA) is 21.3 Å². The fraction of sp³-hybridized carbons (Fsp3) is 0.412. The van der Waals surface area contributed by atoms with E-state index in [0.29, 0.717) is 12.1 Å². The van der Waals surface area contributed by atoms with Crippen LogP contribution in [0.15, 0.2) is 40.2 Å². The Morgan fingerprint density at radius 2 is 1.95 bits per heavy atom. The number of hydrogen-bond donors (Lipinski definition) is 1. The molecule has 0 radical (unpaired) electrons. The van der Waals surface area contributed by atoms with Gasteiger partial charge in [-0.15, -0.1) is 11.3 Å². The summed E-state index contributed by atoms with van der Waals surface area (Å²) in [7, 11) is 0. The maximum atomic E-state index is 5.99. The van der Waals surface area contributed by atoms with Gasteiger partial charge in [0.25, 0.3) is 0 Å². The first kappa shape index (κ1) is 14.9. The molecule has 1 atom stereocenters. The molecule has 0 aliphatic heterocycles. The number of benzene rings is 1. The second-order valence-electron chi connectivity index (χ2n) is 5.58. The zero-order valence-electron chi connectivity index (χ0n) is 12.1. The van der Waals surface area contributed by atoms with Crippen LogP contribution >= 0.6 is 27.3 Å². The van der Waals surface area contributed by atoms with Crippen molar-refractivity contribution in [3.05, 3.63) is 45.1 Å². The Morgan fingerprint density at radius 1 is 1.24 bits per heavy atom. The summed E-state index contributed by atoms with van der Waals surface area (Å²) in [6, 6.07) is 10.8. The van der Waals surface area contributed by atoms with Gasteiger partial charge in [0.1, 0.15) is 5.75 Å². The van der Waals surface area contributed by atoms with E-state index < -0.39 is 0 Å². The van der Waals surface area contributed by atoms with E-state index in [1.54, 1.807) is 11.3 Å². The molecule has 4 heteroatoms. The fourth-order valence-electron chi connectivity index (χ4n) is 2.70. The van der Waals surface area contributed by atoms with Crippen molar-refractivity contribution in [2.45, 2.75) is 44.8 Å². The van der Waals surface area contributed by atoms with Crippen LogP contribution in [0.25, 0.3) is 0 Å². The highest BCUT2D eigenvalue weighted by atomic mass is 79.9. The van der Waals surface area contributed by atoms with E-state index in [0.717, 1.165) is 15.9 Å². The van der Waals surface area contributed by atoms with Gasteiger partial charge in [-0.1, -0.05) is 0 Å². The van der Waals surface area contributed by atoms with Crippen LogP contribution in [-0.2, 0) is 0 Å². The maximum Gasteiger partial charge on any atom is 0.119 e. The lowest BCUT2D eigenvalue weighted by Crippen LogP contribution is -2.10. The number of hydrogen-bond acceptors (Lipinski definition) is 3. The first-order chi connectivity index (χ1) is 10.2. The molecule has 0 amide bonds. The smallest absolute Gasteiger partial charge is 0.119 e. The highest BCUT2D eigenvalue weighted by Gasteiger charge is 2.16. The van der Waals surface area contributed by atoms with Gasteiger partial charge in [-0.25, -0.2) is 0 Å². The minimum Gasteiger partial charge on any atom is -0.490 e. The molecule has 0 bridgehead atoms. The molecular formula is C17H20BrNOS. The molecule has 1 saturated carbocycles. The second kappa shape index (κ2) is 6.84.